The number of rotatable bonds is 5. The lowest BCUT2D eigenvalue weighted by molar-refractivity contribution is -0.146. The van der Waals surface area contributed by atoms with Gasteiger partial charge in [-0.1, -0.05) is 11.4 Å². The molecule has 0 saturated heterocycles. The van der Waals surface area contributed by atoms with E-state index in [9.17, 15) is 9.59 Å². The fourth-order valence-electron chi connectivity index (χ4n) is 1.59. The third kappa shape index (κ3) is 2.92. The standard InChI is InChI=1S/C12H15N5O3S/c1-4-8-9(21-16-15-8)10(18)14-7-5-13-17(6-7)12(2,3)11(19)20/h5-6H,4H2,1-3H3,(H,14,18)(H,19,20). The van der Waals surface area contributed by atoms with Crippen LogP contribution < -0.4 is 5.32 Å². The van der Waals surface area contributed by atoms with Crippen LogP contribution in [0.15, 0.2) is 12.4 Å². The van der Waals surface area contributed by atoms with Crippen LogP contribution in [0, 0.1) is 0 Å². The minimum Gasteiger partial charge on any atom is -0.479 e. The zero-order valence-electron chi connectivity index (χ0n) is 11.8. The van der Waals surface area contributed by atoms with E-state index in [2.05, 4.69) is 20.0 Å². The van der Waals surface area contributed by atoms with Crippen molar-refractivity contribution in [2.75, 3.05) is 5.32 Å². The Balaban J connectivity index is 2.17. The summed E-state index contributed by atoms with van der Waals surface area (Å²) in [6, 6.07) is 0. The summed E-state index contributed by atoms with van der Waals surface area (Å²) in [6.07, 6.45) is 3.50. The first-order valence-electron chi connectivity index (χ1n) is 6.27. The molecule has 2 N–H and O–H groups in total. The van der Waals surface area contributed by atoms with E-state index in [1.54, 1.807) is 0 Å². The summed E-state index contributed by atoms with van der Waals surface area (Å²) >= 11 is 1.02. The fraction of sp³-hybridized carbons (Fsp3) is 0.417. The van der Waals surface area contributed by atoms with Crippen LogP contribution in [-0.2, 0) is 16.8 Å². The van der Waals surface area contributed by atoms with Gasteiger partial charge < -0.3 is 10.4 Å². The van der Waals surface area contributed by atoms with Gasteiger partial charge in [-0.05, 0) is 31.8 Å². The highest BCUT2D eigenvalue weighted by molar-refractivity contribution is 7.08. The number of anilines is 1. The molecule has 0 atom stereocenters. The molecule has 0 aliphatic rings. The Labute approximate surface area is 125 Å². The molecule has 112 valence electrons. The molecule has 2 aromatic rings. The number of hydrogen-bond donors (Lipinski definition) is 2. The minimum atomic E-state index is -1.19. The number of carbonyl (C=O) groups is 2. The number of aryl methyl sites for hydroxylation is 1. The summed E-state index contributed by atoms with van der Waals surface area (Å²) in [5, 5.41) is 19.7. The highest BCUT2D eigenvalue weighted by Crippen LogP contribution is 2.19. The fourth-order valence-corrected chi connectivity index (χ4v) is 2.24. The van der Waals surface area contributed by atoms with Gasteiger partial charge in [-0.3, -0.25) is 9.48 Å². The maximum atomic E-state index is 12.1. The van der Waals surface area contributed by atoms with Crippen LogP contribution >= 0.6 is 11.5 Å². The van der Waals surface area contributed by atoms with Crippen LogP contribution in [0.5, 0.6) is 0 Å². The van der Waals surface area contributed by atoms with Crippen LogP contribution in [0.2, 0.25) is 0 Å². The molecule has 0 spiro atoms. The molecular weight excluding hydrogens is 294 g/mol. The SMILES string of the molecule is CCc1nnsc1C(=O)Nc1cnn(C(C)(C)C(=O)O)c1. The highest BCUT2D eigenvalue weighted by Gasteiger charge is 2.30. The maximum Gasteiger partial charge on any atom is 0.331 e. The second-order valence-corrected chi connectivity index (χ2v) is 5.65. The van der Waals surface area contributed by atoms with E-state index in [1.165, 1.54) is 30.9 Å². The molecule has 0 aliphatic carbocycles. The van der Waals surface area contributed by atoms with Gasteiger partial charge in [0.05, 0.1) is 17.6 Å². The average molecular weight is 309 g/mol. The van der Waals surface area contributed by atoms with Crippen molar-refractivity contribution in [3.8, 4) is 0 Å². The van der Waals surface area contributed by atoms with E-state index in [4.69, 9.17) is 5.11 Å². The molecule has 1 amide bonds. The zero-order chi connectivity index (χ0) is 15.6. The molecule has 2 aromatic heterocycles. The molecule has 9 heteroatoms. The summed E-state index contributed by atoms with van der Waals surface area (Å²) in [4.78, 5) is 23.7. The topological polar surface area (TPSA) is 110 Å². The third-order valence-electron chi connectivity index (χ3n) is 3.03. The normalized spacial score (nSPS) is 11.4. The number of nitrogens with zero attached hydrogens (tertiary/aromatic N) is 4. The van der Waals surface area contributed by atoms with E-state index in [0.717, 1.165) is 11.5 Å². The summed E-state index contributed by atoms with van der Waals surface area (Å²) < 4.78 is 5.04. The second-order valence-electron chi connectivity index (χ2n) is 4.89. The molecule has 0 radical (unpaired) electrons. The maximum absolute atomic E-state index is 12.1. The molecule has 0 bridgehead atoms. The lowest BCUT2D eigenvalue weighted by Crippen LogP contribution is -2.35. The van der Waals surface area contributed by atoms with Crippen LogP contribution in [-0.4, -0.2) is 36.4 Å². The van der Waals surface area contributed by atoms with Crippen molar-refractivity contribution < 1.29 is 14.7 Å². The van der Waals surface area contributed by atoms with Gasteiger partial charge in [0.2, 0.25) is 0 Å². The Morgan fingerprint density at radius 2 is 2.19 bits per heavy atom. The van der Waals surface area contributed by atoms with Gasteiger partial charge in [0.15, 0.2) is 5.54 Å². The van der Waals surface area contributed by atoms with Crippen LogP contribution in [0.25, 0.3) is 0 Å². The van der Waals surface area contributed by atoms with Crippen LogP contribution in [0.1, 0.15) is 36.1 Å². The zero-order valence-corrected chi connectivity index (χ0v) is 12.6. The van der Waals surface area contributed by atoms with Crippen molar-refractivity contribution in [3.63, 3.8) is 0 Å². The first-order valence-corrected chi connectivity index (χ1v) is 7.04. The van der Waals surface area contributed by atoms with Crippen LogP contribution in [0.3, 0.4) is 0 Å². The predicted molar refractivity (Wildman–Crippen MR) is 76.4 cm³/mol. The third-order valence-corrected chi connectivity index (χ3v) is 3.80. The predicted octanol–water partition coefficient (Wildman–Crippen LogP) is 1.37. The van der Waals surface area contributed by atoms with Crippen molar-refractivity contribution in [2.45, 2.75) is 32.7 Å². The van der Waals surface area contributed by atoms with Crippen molar-refractivity contribution in [1.29, 1.82) is 0 Å². The smallest absolute Gasteiger partial charge is 0.331 e. The largest absolute Gasteiger partial charge is 0.479 e. The average Bonchev–Trinajstić information content (AvgIpc) is 3.06. The Morgan fingerprint density at radius 1 is 1.48 bits per heavy atom. The molecule has 0 unspecified atom stereocenters. The summed E-state index contributed by atoms with van der Waals surface area (Å²) in [5.41, 5.74) is -0.135. The second kappa shape index (κ2) is 5.60. The molecule has 0 aromatic carbocycles. The molecule has 0 aliphatic heterocycles. The number of nitrogens with one attached hydrogen (secondary N) is 1. The molecule has 21 heavy (non-hydrogen) atoms. The van der Waals surface area contributed by atoms with Gasteiger partial charge in [-0.2, -0.15) is 5.10 Å². The van der Waals surface area contributed by atoms with E-state index >= 15 is 0 Å². The number of aliphatic carboxylic acids is 1. The first-order chi connectivity index (χ1) is 9.86. The summed E-state index contributed by atoms with van der Waals surface area (Å²) in [6.45, 7) is 4.94. The lowest BCUT2D eigenvalue weighted by atomic mass is 10.1. The molecule has 8 nitrogen and oxygen atoms in total. The quantitative estimate of drug-likeness (QED) is 0.863. The number of carboxylic acids is 1. The molecule has 0 fully saturated rings. The van der Waals surface area contributed by atoms with Gasteiger partial charge in [0.25, 0.3) is 5.91 Å². The molecule has 0 saturated carbocycles. The van der Waals surface area contributed by atoms with Gasteiger partial charge >= 0.3 is 5.97 Å². The van der Waals surface area contributed by atoms with E-state index in [1.807, 2.05) is 6.92 Å². The Hall–Kier alpha value is -2.29. The number of aromatic nitrogens is 4. The van der Waals surface area contributed by atoms with Crippen molar-refractivity contribution in [1.82, 2.24) is 19.4 Å². The Morgan fingerprint density at radius 3 is 2.81 bits per heavy atom. The van der Waals surface area contributed by atoms with Crippen molar-refractivity contribution in [2.24, 2.45) is 0 Å². The van der Waals surface area contributed by atoms with Gasteiger partial charge in [0.1, 0.15) is 4.88 Å². The first kappa shape index (κ1) is 15.1. The van der Waals surface area contributed by atoms with Gasteiger partial charge in [-0.25, -0.2) is 4.79 Å². The van der Waals surface area contributed by atoms with E-state index in [0.29, 0.717) is 22.7 Å². The monoisotopic (exact) mass is 309 g/mol. The highest BCUT2D eigenvalue weighted by atomic mass is 32.1. The van der Waals surface area contributed by atoms with Gasteiger partial charge in [0, 0.05) is 6.20 Å². The number of hydrogen-bond acceptors (Lipinski definition) is 6. The summed E-state index contributed by atoms with van der Waals surface area (Å²) in [5.74, 6) is -1.34. The number of carboxylic acid groups (broad SMARTS) is 1. The molecule has 2 heterocycles. The van der Waals surface area contributed by atoms with E-state index < -0.39 is 11.5 Å². The minimum absolute atomic E-state index is 0.325. The number of amides is 1. The Bertz CT molecular complexity index is 676. The number of carbonyl (C=O) groups excluding carboxylic acids is 1. The van der Waals surface area contributed by atoms with Crippen molar-refractivity contribution >= 4 is 29.1 Å². The lowest BCUT2D eigenvalue weighted by Gasteiger charge is -2.19. The Kier molecular flexibility index (Phi) is 4.03. The van der Waals surface area contributed by atoms with Crippen LogP contribution in [0.4, 0.5) is 5.69 Å². The van der Waals surface area contributed by atoms with Crippen molar-refractivity contribution in [3.05, 3.63) is 23.0 Å². The van der Waals surface area contributed by atoms with Gasteiger partial charge in [-0.15, -0.1) is 5.10 Å². The summed E-state index contributed by atoms with van der Waals surface area (Å²) in [7, 11) is 0. The molecular formula is C12H15N5O3S. The molecule has 2 rings (SSSR count). The van der Waals surface area contributed by atoms with E-state index in [-0.39, 0.29) is 5.91 Å².